The fourth-order valence-electron chi connectivity index (χ4n) is 3.31. The summed E-state index contributed by atoms with van der Waals surface area (Å²) in [5, 5.41) is 10.4. The predicted molar refractivity (Wildman–Crippen MR) is 130 cm³/mol. The normalized spacial score (nSPS) is 11.3. The van der Waals surface area contributed by atoms with Crippen LogP contribution in [-0.4, -0.2) is 19.3 Å². The first-order valence-corrected chi connectivity index (χ1v) is 12.6. The number of aryl methyl sites for hydroxylation is 1. The highest BCUT2D eigenvalue weighted by Crippen LogP contribution is 2.31. The Labute approximate surface area is 196 Å². The Bertz CT molecular complexity index is 1400. The van der Waals surface area contributed by atoms with Gasteiger partial charge in [0.15, 0.2) is 0 Å². The number of hydrogen-bond donors (Lipinski definition) is 2. The van der Waals surface area contributed by atoms with Crippen molar-refractivity contribution in [3.63, 3.8) is 0 Å². The minimum atomic E-state index is -4.09. The number of sulfonamides is 1. The van der Waals surface area contributed by atoms with Gasteiger partial charge in [-0.3, -0.25) is 0 Å². The second-order valence-corrected chi connectivity index (χ2v) is 9.92. The molecule has 1 heterocycles. The molecule has 2 N–H and O–H groups in total. The van der Waals surface area contributed by atoms with Gasteiger partial charge in [-0.05, 0) is 23.6 Å². The average Bonchev–Trinajstić information content (AvgIpc) is 2.82. The minimum absolute atomic E-state index is 0.0275. The van der Waals surface area contributed by atoms with E-state index in [1.807, 2.05) is 60.7 Å². The van der Waals surface area contributed by atoms with Gasteiger partial charge in [0.2, 0.25) is 5.88 Å². The largest absolute Gasteiger partial charge is 0.506 e. The van der Waals surface area contributed by atoms with Gasteiger partial charge < -0.3 is 9.52 Å². The van der Waals surface area contributed by atoms with Crippen LogP contribution in [0.15, 0.2) is 110 Å². The van der Waals surface area contributed by atoms with Crippen molar-refractivity contribution < 1.29 is 17.9 Å². The third-order valence-corrected chi connectivity index (χ3v) is 7.34. The van der Waals surface area contributed by atoms with E-state index in [9.17, 15) is 18.3 Å². The van der Waals surface area contributed by atoms with Crippen molar-refractivity contribution in [2.45, 2.75) is 16.2 Å². The SMILES string of the molecule is O=c1oc(NS(=O)(=O)c2ccccc2-c2ccccc2)cc(O)c1SCCc1ccccc1. The maximum atomic E-state index is 13.1. The Morgan fingerprint density at radius 1 is 0.879 bits per heavy atom. The van der Waals surface area contributed by atoms with E-state index in [4.69, 9.17) is 4.42 Å². The highest BCUT2D eigenvalue weighted by molar-refractivity contribution is 7.99. The average molecular weight is 480 g/mol. The lowest BCUT2D eigenvalue weighted by atomic mass is 10.1. The summed E-state index contributed by atoms with van der Waals surface area (Å²) >= 11 is 1.16. The van der Waals surface area contributed by atoms with Crippen LogP contribution in [0.4, 0.5) is 5.88 Å². The van der Waals surface area contributed by atoms with Crippen molar-refractivity contribution in [1.29, 1.82) is 0 Å². The van der Waals surface area contributed by atoms with Gasteiger partial charge >= 0.3 is 5.63 Å². The molecule has 4 rings (SSSR count). The van der Waals surface area contributed by atoms with E-state index < -0.39 is 15.6 Å². The number of benzene rings is 3. The van der Waals surface area contributed by atoms with Gasteiger partial charge in [0.1, 0.15) is 10.6 Å². The molecule has 0 unspecified atom stereocenters. The smallest absolute Gasteiger partial charge is 0.355 e. The Morgan fingerprint density at radius 3 is 2.21 bits per heavy atom. The van der Waals surface area contributed by atoms with E-state index in [1.165, 1.54) is 6.07 Å². The number of thioether (sulfide) groups is 1. The molecular weight excluding hydrogens is 458 g/mol. The third kappa shape index (κ3) is 5.47. The molecule has 168 valence electrons. The molecule has 0 aliphatic carbocycles. The molecular formula is C25H21NO5S2. The van der Waals surface area contributed by atoms with Gasteiger partial charge in [-0.15, -0.1) is 11.8 Å². The van der Waals surface area contributed by atoms with Crippen LogP contribution in [0, 0.1) is 0 Å². The van der Waals surface area contributed by atoms with Gasteiger partial charge in [0.25, 0.3) is 10.0 Å². The molecule has 0 atom stereocenters. The Hall–Kier alpha value is -3.49. The van der Waals surface area contributed by atoms with Crippen LogP contribution in [0.3, 0.4) is 0 Å². The van der Waals surface area contributed by atoms with Crippen molar-refractivity contribution in [2.24, 2.45) is 0 Å². The molecule has 0 bridgehead atoms. The van der Waals surface area contributed by atoms with E-state index in [-0.39, 0.29) is 21.4 Å². The van der Waals surface area contributed by atoms with Gasteiger partial charge in [-0.2, -0.15) is 0 Å². The zero-order chi connectivity index (χ0) is 23.3. The number of rotatable bonds is 8. The van der Waals surface area contributed by atoms with Gasteiger partial charge in [-0.25, -0.2) is 17.9 Å². The van der Waals surface area contributed by atoms with Crippen LogP contribution in [0.2, 0.25) is 0 Å². The molecule has 0 saturated carbocycles. The van der Waals surface area contributed by atoms with Crippen molar-refractivity contribution in [2.75, 3.05) is 10.5 Å². The van der Waals surface area contributed by atoms with Crippen LogP contribution in [0.25, 0.3) is 11.1 Å². The van der Waals surface area contributed by atoms with Crippen molar-refractivity contribution in [3.05, 3.63) is 107 Å². The standard InChI is InChI=1S/C25H21NO5S2/c27-21-17-23(31-25(28)24(21)32-16-15-18-9-3-1-4-10-18)26-33(29,30)22-14-8-7-13-20(22)19-11-5-2-6-12-19/h1-14,17,26-27H,15-16H2. The second kappa shape index (κ2) is 9.97. The summed E-state index contributed by atoms with van der Waals surface area (Å²) in [5.41, 5.74) is 1.54. The molecule has 0 radical (unpaired) electrons. The molecule has 8 heteroatoms. The highest BCUT2D eigenvalue weighted by atomic mass is 32.2. The van der Waals surface area contributed by atoms with Crippen LogP contribution in [-0.2, 0) is 16.4 Å². The monoisotopic (exact) mass is 479 g/mol. The summed E-state index contributed by atoms with van der Waals surface area (Å²) in [7, 11) is -4.09. The van der Waals surface area contributed by atoms with Gasteiger partial charge in [0.05, 0.1) is 4.90 Å². The zero-order valence-corrected chi connectivity index (χ0v) is 19.1. The predicted octanol–water partition coefficient (Wildman–Crippen LogP) is 5.15. The van der Waals surface area contributed by atoms with E-state index in [2.05, 4.69) is 4.72 Å². The third-order valence-electron chi connectivity index (χ3n) is 4.86. The van der Waals surface area contributed by atoms with E-state index >= 15 is 0 Å². The minimum Gasteiger partial charge on any atom is -0.506 e. The number of aromatic hydroxyl groups is 1. The lowest BCUT2D eigenvalue weighted by molar-refractivity contribution is 0.432. The van der Waals surface area contributed by atoms with Crippen molar-refractivity contribution in [3.8, 4) is 16.9 Å². The number of nitrogens with one attached hydrogen (secondary N) is 1. The van der Waals surface area contributed by atoms with Crippen LogP contribution >= 0.6 is 11.8 Å². The number of hydrogen-bond acceptors (Lipinski definition) is 6. The summed E-state index contributed by atoms with van der Waals surface area (Å²) in [6.07, 6.45) is 0.703. The first-order valence-electron chi connectivity index (χ1n) is 10.1. The van der Waals surface area contributed by atoms with Crippen molar-refractivity contribution in [1.82, 2.24) is 0 Å². The number of anilines is 1. The van der Waals surface area contributed by atoms with Gasteiger partial charge in [-0.1, -0.05) is 78.9 Å². The lowest BCUT2D eigenvalue weighted by Crippen LogP contribution is -2.16. The molecule has 3 aromatic carbocycles. The molecule has 6 nitrogen and oxygen atoms in total. The summed E-state index contributed by atoms with van der Waals surface area (Å²) in [6, 6.07) is 26.5. The first-order chi connectivity index (χ1) is 15.9. The maximum absolute atomic E-state index is 13.1. The van der Waals surface area contributed by atoms with E-state index in [1.54, 1.807) is 18.2 Å². The Kier molecular flexibility index (Phi) is 6.86. The van der Waals surface area contributed by atoms with E-state index in [0.29, 0.717) is 17.7 Å². The fraction of sp³-hybridized carbons (Fsp3) is 0.0800. The highest BCUT2D eigenvalue weighted by Gasteiger charge is 2.22. The quantitative estimate of drug-likeness (QED) is 0.339. The van der Waals surface area contributed by atoms with E-state index in [0.717, 1.165) is 29.0 Å². The Morgan fingerprint density at radius 2 is 1.52 bits per heavy atom. The van der Waals surface area contributed by atoms with Crippen molar-refractivity contribution >= 4 is 27.7 Å². The topological polar surface area (TPSA) is 96.6 Å². The van der Waals surface area contributed by atoms with Crippen LogP contribution in [0.1, 0.15) is 5.56 Å². The first kappa shape index (κ1) is 22.7. The molecule has 0 fully saturated rings. The molecule has 1 aromatic heterocycles. The summed E-state index contributed by atoms with van der Waals surface area (Å²) in [4.78, 5) is 12.5. The summed E-state index contributed by atoms with van der Waals surface area (Å²) in [6.45, 7) is 0. The second-order valence-electron chi connectivity index (χ2n) is 7.16. The van der Waals surface area contributed by atoms with Crippen LogP contribution in [0.5, 0.6) is 5.75 Å². The molecule has 4 aromatic rings. The Balaban J connectivity index is 1.54. The molecule has 0 spiro atoms. The fourth-order valence-corrected chi connectivity index (χ4v) is 5.43. The van der Waals surface area contributed by atoms with Crippen LogP contribution < -0.4 is 10.3 Å². The molecule has 33 heavy (non-hydrogen) atoms. The molecule has 0 aliphatic heterocycles. The summed E-state index contributed by atoms with van der Waals surface area (Å²) in [5.74, 6) is -0.135. The zero-order valence-electron chi connectivity index (χ0n) is 17.5. The van der Waals surface area contributed by atoms with Gasteiger partial charge in [0, 0.05) is 17.4 Å². The molecule has 0 aliphatic rings. The lowest BCUT2D eigenvalue weighted by Gasteiger charge is -2.12. The summed E-state index contributed by atoms with van der Waals surface area (Å²) < 4.78 is 33.6. The maximum Gasteiger partial charge on any atom is 0.355 e. The molecule has 0 saturated heterocycles. The molecule has 0 amide bonds.